The van der Waals surface area contributed by atoms with Crippen LogP contribution in [0.2, 0.25) is 0 Å². The maximum Gasteiger partial charge on any atom is 0.243 e. The number of hydrogen-bond donors (Lipinski definition) is 0. The number of hydrogen-bond acceptors (Lipinski definition) is 3. The number of carbonyl (C=O) groups excluding carboxylic acids is 1. The molecule has 2 rings (SSSR count). The van der Waals surface area contributed by atoms with Crippen molar-refractivity contribution in [2.75, 3.05) is 7.05 Å². The minimum atomic E-state index is -0.0765. The van der Waals surface area contributed by atoms with Crippen LogP contribution in [0.25, 0.3) is 0 Å². The van der Waals surface area contributed by atoms with Crippen LogP contribution in [0.4, 0.5) is 0 Å². The molecule has 18 heavy (non-hydrogen) atoms. The topological polar surface area (TPSA) is 32.7 Å². The summed E-state index contributed by atoms with van der Waals surface area (Å²) in [6, 6.07) is 9.99. The highest BCUT2D eigenvalue weighted by atomic mass is 79.9. The van der Waals surface area contributed by atoms with E-state index in [-0.39, 0.29) is 16.0 Å². The van der Waals surface area contributed by atoms with Crippen molar-refractivity contribution in [3.05, 3.63) is 35.9 Å². The molecule has 0 saturated carbocycles. The monoisotopic (exact) mass is 326 g/mol. The van der Waals surface area contributed by atoms with Crippen LogP contribution in [0.5, 0.6) is 0 Å². The fraction of sp³-hybridized carbons (Fsp3) is 0.385. The van der Waals surface area contributed by atoms with Crippen molar-refractivity contribution in [2.45, 2.75) is 23.5 Å². The predicted octanol–water partition coefficient (Wildman–Crippen LogP) is 2.90. The van der Waals surface area contributed by atoms with Crippen molar-refractivity contribution in [2.24, 2.45) is 4.99 Å². The highest BCUT2D eigenvalue weighted by Gasteiger charge is 2.39. The third kappa shape index (κ3) is 2.78. The molecule has 1 amide bonds. The molecular formula is C13H15BrN2OS. The minimum absolute atomic E-state index is 0.0765. The second kappa shape index (κ2) is 5.89. The van der Waals surface area contributed by atoms with E-state index in [4.69, 9.17) is 0 Å². The largest absolute Gasteiger partial charge is 0.286 e. The Kier molecular flexibility index (Phi) is 4.45. The lowest BCUT2D eigenvalue weighted by Crippen LogP contribution is -2.33. The number of amides is 1. The van der Waals surface area contributed by atoms with Gasteiger partial charge in [0.15, 0.2) is 5.17 Å². The molecule has 0 aromatic heterocycles. The van der Waals surface area contributed by atoms with Gasteiger partial charge in [-0.1, -0.05) is 64.9 Å². The van der Waals surface area contributed by atoms with Crippen LogP contribution in [0.15, 0.2) is 35.3 Å². The number of thioether (sulfide) groups is 1. The molecule has 0 radical (unpaired) electrons. The van der Waals surface area contributed by atoms with Crippen LogP contribution >= 0.6 is 27.7 Å². The van der Waals surface area contributed by atoms with Gasteiger partial charge in [0.1, 0.15) is 5.25 Å². The smallest absolute Gasteiger partial charge is 0.243 e. The third-order valence-corrected chi connectivity index (χ3v) is 5.12. The summed E-state index contributed by atoms with van der Waals surface area (Å²) < 4.78 is 0. The van der Waals surface area contributed by atoms with Gasteiger partial charge in [-0.05, 0) is 5.56 Å². The molecule has 1 aliphatic heterocycles. The van der Waals surface area contributed by atoms with Crippen molar-refractivity contribution in [1.82, 2.24) is 4.90 Å². The van der Waals surface area contributed by atoms with E-state index in [1.807, 2.05) is 37.3 Å². The fourth-order valence-corrected chi connectivity index (χ4v) is 3.43. The summed E-state index contributed by atoms with van der Waals surface area (Å²) in [5.41, 5.74) is 1.12. The molecule has 2 unspecified atom stereocenters. The van der Waals surface area contributed by atoms with Crippen molar-refractivity contribution in [3.8, 4) is 0 Å². The van der Waals surface area contributed by atoms with Crippen LogP contribution in [0.3, 0.4) is 0 Å². The Balaban J connectivity index is 2.19. The van der Waals surface area contributed by atoms with Gasteiger partial charge >= 0.3 is 0 Å². The molecule has 1 fully saturated rings. The molecule has 5 heteroatoms. The first-order valence-corrected chi connectivity index (χ1v) is 7.56. The summed E-state index contributed by atoms with van der Waals surface area (Å²) in [4.78, 5) is 18.4. The van der Waals surface area contributed by atoms with Crippen LogP contribution in [0, 0.1) is 0 Å². The number of halogens is 1. The van der Waals surface area contributed by atoms with E-state index in [2.05, 4.69) is 20.9 Å². The van der Waals surface area contributed by atoms with E-state index in [0.717, 1.165) is 10.7 Å². The Hall–Kier alpha value is -0.810. The zero-order valence-electron chi connectivity index (χ0n) is 10.3. The van der Waals surface area contributed by atoms with Gasteiger partial charge in [-0.15, -0.1) is 0 Å². The standard InChI is InChI=1S/C13H15BrN2OS/c1-9(14)11-12(17)16(13(15-2)18-11)8-10-6-4-3-5-7-10/h3-7,9,11H,8H2,1-2H3/b15-13+. The first-order chi connectivity index (χ1) is 8.63. The van der Waals surface area contributed by atoms with Crippen LogP contribution in [0.1, 0.15) is 12.5 Å². The summed E-state index contributed by atoms with van der Waals surface area (Å²) >= 11 is 5.02. The maximum atomic E-state index is 12.3. The average Bonchev–Trinajstić information content (AvgIpc) is 2.68. The molecule has 3 nitrogen and oxygen atoms in total. The zero-order valence-corrected chi connectivity index (χ0v) is 12.7. The van der Waals surface area contributed by atoms with Gasteiger partial charge in [-0.25, -0.2) is 0 Å². The summed E-state index contributed by atoms with van der Waals surface area (Å²) in [5.74, 6) is 0.133. The van der Waals surface area contributed by atoms with Crippen molar-refractivity contribution in [3.63, 3.8) is 0 Å². The molecule has 1 heterocycles. The Morgan fingerprint density at radius 1 is 1.44 bits per heavy atom. The second-order valence-electron chi connectivity index (χ2n) is 4.13. The van der Waals surface area contributed by atoms with Gasteiger partial charge in [0.05, 0.1) is 6.54 Å². The molecule has 1 aliphatic rings. The van der Waals surface area contributed by atoms with Crippen LogP contribution in [-0.2, 0) is 11.3 Å². The Bertz CT molecular complexity index is 461. The molecule has 1 aromatic carbocycles. The number of aliphatic imine (C=N–C) groups is 1. The summed E-state index contributed by atoms with van der Waals surface area (Å²) in [6.45, 7) is 2.59. The SMILES string of the molecule is C/N=C1/SC(C(C)Br)C(=O)N1Cc1ccccc1. The zero-order chi connectivity index (χ0) is 13.1. The second-order valence-corrected chi connectivity index (χ2v) is 6.69. The average molecular weight is 327 g/mol. The van der Waals surface area contributed by atoms with E-state index in [1.165, 1.54) is 11.8 Å². The summed E-state index contributed by atoms with van der Waals surface area (Å²) in [7, 11) is 1.73. The molecular weight excluding hydrogens is 312 g/mol. The van der Waals surface area contributed by atoms with Crippen molar-refractivity contribution < 1.29 is 4.79 Å². The predicted molar refractivity (Wildman–Crippen MR) is 80.1 cm³/mol. The molecule has 0 bridgehead atoms. The number of amidine groups is 1. The van der Waals surface area contributed by atoms with E-state index < -0.39 is 0 Å². The lowest BCUT2D eigenvalue weighted by molar-refractivity contribution is -0.126. The van der Waals surface area contributed by atoms with Gasteiger partial charge in [0.25, 0.3) is 0 Å². The number of carbonyl (C=O) groups is 1. The van der Waals surface area contributed by atoms with Crippen molar-refractivity contribution >= 4 is 38.8 Å². The van der Waals surface area contributed by atoms with Gasteiger partial charge in [-0.2, -0.15) is 0 Å². The normalized spacial score (nSPS) is 23.7. The van der Waals surface area contributed by atoms with E-state index >= 15 is 0 Å². The molecule has 0 spiro atoms. The molecule has 1 aromatic rings. The summed E-state index contributed by atoms with van der Waals surface area (Å²) in [6.07, 6.45) is 0. The highest BCUT2D eigenvalue weighted by Crippen LogP contribution is 2.33. The fourth-order valence-electron chi connectivity index (χ4n) is 1.85. The van der Waals surface area contributed by atoms with Crippen molar-refractivity contribution in [1.29, 1.82) is 0 Å². The van der Waals surface area contributed by atoms with Crippen LogP contribution in [-0.4, -0.2) is 33.1 Å². The molecule has 1 saturated heterocycles. The number of benzene rings is 1. The third-order valence-electron chi connectivity index (χ3n) is 2.76. The minimum Gasteiger partial charge on any atom is -0.286 e. The highest BCUT2D eigenvalue weighted by molar-refractivity contribution is 9.09. The van der Waals surface area contributed by atoms with E-state index in [9.17, 15) is 4.79 Å². The van der Waals surface area contributed by atoms with E-state index in [1.54, 1.807) is 11.9 Å². The number of nitrogens with zero attached hydrogens (tertiary/aromatic N) is 2. The molecule has 2 atom stereocenters. The van der Waals surface area contributed by atoms with Gasteiger partial charge in [0.2, 0.25) is 5.91 Å². The molecule has 96 valence electrons. The lowest BCUT2D eigenvalue weighted by atomic mass is 10.2. The number of rotatable bonds is 3. The quantitative estimate of drug-likeness (QED) is 0.800. The Morgan fingerprint density at radius 2 is 2.11 bits per heavy atom. The summed E-state index contributed by atoms with van der Waals surface area (Å²) in [5, 5.41) is 0.729. The van der Waals surface area contributed by atoms with Crippen LogP contribution < -0.4 is 0 Å². The molecule has 0 aliphatic carbocycles. The van der Waals surface area contributed by atoms with E-state index in [0.29, 0.717) is 6.54 Å². The first kappa shape index (κ1) is 13.6. The Labute approximate surface area is 120 Å². The molecule has 0 N–H and O–H groups in total. The van der Waals surface area contributed by atoms with Gasteiger partial charge < -0.3 is 0 Å². The lowest BCUT2D eigenvalue weighted by Gasteiger charge is -2.16. The number of alkyl halides is 1. The van der Waals surface area contributed by atoms with Gasteiger partial charge in [0, 0.05) is 11.9 Å². The maximum absolute atomic E-state index is 12.3. The van der Waals surface area contributed by atoms with Gasteiger partial charge in [-0.3, -0.25) is 14.7 Å². The Morgan fingerprint density at radius 3 is 2.67 bits per heavy atom. The first-order valence-electron chi connectivity index (χ1n) is 5.76.